The lowest BCUT2D eigenvalue weighted by molar-refractivity contribution is -0.170. The molecule has 0 radical (unpaired) electrons. The van der Waals surface area contributed by atoms with Gasteiger partial charge in [0.15, 0.2) is 12.1 Å². The van der Waals surface area contributed by atoms with Gasteiger partial charge >= 0.3 is 0 Å². The summed E-state index contributed by atoms with van der Waals surface area (Å²) in [5.74, 6) is 0.184. The molecule has 0 N–H and O–H groups in total. The lowest BCUT2D eigenvalue weighted by Crippen LogP contribution is -2.40. The summed E-state index contributed by atoms with van der Waals surface area (Å²) in [5.41, 5.74) is -0.135. The minimum atomic E-state index is -0.270. The second kappa shape index (κ2) is 2.05. The molecule has 0 aliphatic carbocycles. The number of carbonyl (C=O) groups excluding carboxylic acids is 1. The van der Waals surface area contributed by atoms with Crippen LogP contribution in [0.3, 0.4) is 0 Å². The molecule has 2 aliphatic rings. The second-order valence-corrected chi connectivity index (χ2v) is 3.92. The quantitative estimate of drug-likeness (QED) is 0.518. The maximum atomic E-state index is 11.3. The fraction of sp³-hybridized carbons (Fsp3) is 0.875. The highest BCUT2D eigenvalue weighted by Gasteiger charge is 2.47. The molecule has 0 saturated carbocycles. The molecule has 3 nitrogen and oxygen atoms in total. The van der Waals surface area contributed by atoms with E-state index >= 15 is 0 Å². The van der Waals surface area contributed by atoms with Crippen LogP contribution in [0.5, 0.6) is 0 Å². The number of hydrogen-bond acceptors (Lipinski definition) is 3. The number of fused-ring (bicyclic) bond motifs is 2. The van der Waals surface area contributed by atoms with Crippen molar-refractivity contribution >= 4 is 5.78 Å². The van der Waals surface area contributed by atoms with Crippen molar-refractivity contribution in [2.75, 3.05) is 6.61 Å². The van der Waals surface area contributed by atoms with Crippen LogP contribution in [0.25, 0.3) is 0 Å². The Balaban J connectivity index is 2.24. The zero-order valence-electron chi connectivity index (χ0n) is 6.79. The Kier molecular flexibility index (Phi) is 1.35. The third-order valence-corrected chi connectivity index (χ3v) is 2.31. The lowest BCUT2D eigenvalue weighted by atomic mass is 9.84. The Bertz CT molecular complexity index is 198. The smallest absolute Gasteiger partial charge is 0.164 e. The molecule has 2 fully saturated rings. The largest absolute Gasteiger partial charge is 0.349 e. The summed E-state index contributed by atoms with van der Waals surface area (Å²) in [6.07, 6.45) is 0.153. The van der Waals surface area contributed by atoms with Gasteiger partial charge in [0, 0.05) is 11.8 Å². The van der Waals surface area contributed by atoms with Crippen molar-refractivity contribution in [3.05, 3.63) is 0 Å². The molecule has 2 saturated heterocycles. The molecule has 11 heavy (non-hydrogen) atoms. The van der Waals surface area contributed by atoms with Crippen LogP contribution in [-0.2, 0) is 14.3 Å². The van der Waals surface area contributed by atoms with Gasteiger partial charge in [-0.3, -0.25) is 4.79 Å². The summed E-state index contributed by atoms with van der Waals surface area (Å²) in [6.45, 7) is 4.45. The van der Waals surface area contributed by atoms with Crippen molar-refractivity contribution in [3.8, 4) is 0 Å². The second-order valence-electron chi connectivity index (χ2n) is 3.92. The molecule has 2 aliphatic heterocycles. The fourth-order valence-electron chi connectivity index (χ4n) is 1.63. The van der Waals surface area contributed by atoms with Crippen molar-refractivity contribution in [2.45, 2.75) is 32.7 Å². The van der Waals surface area contributed by atoms with E-state index in [9.17, 15) is 4.79 Å². The summed E-state index contributed by atoms with van der Waals surface area (Å²) >= 11 is 0. The molecule has 0 aromatic heterocycles. The van der Waals surface area contributed by atoms with E-state index in [-0.39, 0.29) is 23.6 Å². The average molecular weight is 156 g/mol. The standard InChI is InChI=1S/C8H12O3/c1-8(2)3-5(9)6-4-10-7(8)11-6/h6-7H,3-4H2,1-2H3/t6-,7-/m1/s1. The molecular formula is C8H12O3. The predicted octanol–water partition coefficient (Wildman–Crippen LogP) is 0.727. The number of ketones is 1. The van der Waals surface area contributed by atoms with Crippen LogP contribution in [0.1, 0.15) is 20.3 Å². The summed E-state index contributed by atoms with van der Waals surface area (Å²) in [5, 5.41) is 0. The van der Waals surface area contributed by atoms with E-state index in [2.05, 4.69) is 0 Å². The van der Waals surface area contributed by atoms with Crippen LogP contribution in [0.4, 0.5) is 0 Å². The topological polar surface area (TPSA) is 35.5 Å². The molecule has 3 heteroatoms. The average Bonchev–Trinajstić information content (AvgIpc) is 2.28. The van der Waals surface area contributed by atoms with Crippen molar-refractivity contribution in [1.29, 1.82) is 0 Å². The minimum absolute atomic E-state index is 0.135. The first-order valence-corrected chi connectivity index (χ1v) is 3.89. The Morgan fingerprint density at radius 3 is 3.00 bits per heavy atom. The zero-order chi connectivity index (χ0) is 8.06. The van der Waals surface area contributed by atoms with Crippen molar-refractivity contribution in [1.82, 2.24) is 0 Å². The lowest BCUT2D eigenvalue weighted by Gasteiger charge is -2.32. The maximum Gasteiger partial charge on any atom is 0.164 e. The molecule has 62 valence electrons. The first-order chi connectivity index (χ1) is 5.09. The van der Waals surface area contributed by atoms with E-state index in [0.29, 0.717) is 13.0 Å². The van der Waals surface area contributed by atoms with Gasteiger partial charge in [-0.15, -0.1) is 0 Å². The van der Waals surface area contributed by atoms with E-state index in [1.807, 2.05) is 13.8 Å². The van der Waals surface area contributed by atoms with E-state index in [1.54, 1.807) is 0 Å². The third-order valence-electron chi connectivity index (χ3n) is 2.31. The van der Waals surface area contributed by atoms with Crippen LogP contribution >= 0.6 is 0 Å². The number of carbonyl (C=O) groups is 1. The highest BCUT2D eigenvalue weighted by molar-refractivity contribution is 5.84. The Morgan fingerprint density at radius 1 is 1.55 bits per heavy atom. The molecule has 0 aromatic carbocycles. The highest BCUT2D eigenvalue weighted by Crippen LogP contribution is 2.38. The predicted molar refractivity (Wildman–Crippen MR) is 38.0 cm³/mol. The summed E-state index contributed by atoms with van der Waals surface area (Å²) in [4.78, 5) is 11.3. The maximum absolute atomic E-state index is 11.3. The molecular weight excluding hydrogens is 144 g/mol. The Labute approximate surface area is 65.7 Å². The number of Topliss-reactive ketones (excluding diaryl/α,β-unsaturated/α-hetero) is 1. The van der Waals surface area contributed by atoms with E-state index in [0.717, 1.165) is 0 Å². The molecule has 2 heterocycles. The molecule has 2 bridgehead atoms. The van der Waals surface area contributed by atoms with Crippen LogP contribution in [0.2, 0.25) is 0 Å². The van der Waals surface area contributed by atoms with Crippen molar-refractivity contribution in [3.63, 3.8) is 0 Å². The van der Waals surface area contributed by atoms with Gasteiger partial charge in [-0.2, -0.15) is 0 Å². The van der Waals surface area contributed by atoms with Gasteiger partial charge in [-0.25, -0.2) is 0 Å². The monoisotopic (exact) mass is 156 g/mol. The van der Waals surface area contributed by atoms with Gasteiger partial charge in [-0.1, -0.05) is 13.8 Å². The van der Waals surface area contributed by atoms with Crippen LogP contribution in [0, 0.1) is 5.41 Å². The number of ether oxygens (including phenoxy) is 2. The molecule has 0 unspecified atom stereocenters. The highest BCUT2D eigenvalue weighted by atomic mass is 16.7. The SMILES string of the molecule is CC1(C)CC(=O)[C@H]2CO[C@@H]1O2. The van der Waals surface area contributed by atoms with Crippen LogP contribution in [-0.4, -0.2) is 24.8 Å². The van der Waals surface area contributed by atoms with E-state index < -0.39 is 0 Å². The molecule has 0 amide bonds. The molecule has 2 rings (SSSR count). The van der Waals surface area contributed by atoms with Gasteiger partial charge in [0.25, 0.3) is 0 Å². The summed E-state index contributed by atoms with van der Waals surface area (Å²) in [6, 6.07) is 0. The minimum Gasteiger partial charge on any atom is -0.349 e. The Hall–Kier alpha value is -0.410. The fourth-order valence-corrected chi connectivity index (χ4v) is 1.63. The zero-order valence-corrected chi connectivity index (χ0v) is 6.79. The van der Waals surface area contributed by atoms with Gasteiger partial charge in [0.05, 0.1) is 6.61 Å². The van der Waals surface area contributed by atoms with Crippen LogP contribution < -0.4 is 0 Å². The molecule has 0 spiro atoms. The van der Waals surface area contributed by atoms with Gasteiger partial charge < -0.3 is 9.47 Å². The van der Waals surface area contributed by atoms with Crippen molar-refractivity contribution < 1.29 is 14.3 Å². The van der Waals surface area contributed by atoms with Crippen LogP contribution in [0.15, 0.2) is 0 Å². The third kappa shape index (κ3) is 0.993. The first-order valence-electron chi connectivity index (χ1n) is 3.89. The van der Waals surface area contributed by atoms with Gasteiger partial charge in [0.1, 0.15) is 6.10 Å². The first kappa shape index (κ1) is 7.25. The molecule has 2 atom stereocenters. The Morgan fingerprint density at radius 2 is 2.27 bits per heavy atom. The van der Waals surface area contributed by atoms with Crippen molar-refractivity contribution in [2.24, 2.45) is 5.41 Å². The van der Waals surface area contributed by atoms with E-state index in [4.69, 9.17) is 9.47 Å². The molecule has 0 aromatic rings. The normalized spacial score (nSPS) is 41.1. The summed E-state index contributed by atoms with van der Waals surface area (Å²) in [7, 11) is 0. The summed E-state index contributed by atoms with van der Waals surface area (Å²) < 4.78 is 10.7. The number of rotatable bonds is 0. The number of hydrogen-bond donors (Lipinski definition) is 0. The van der Waals surface area contributed by atoms with Gasteiger partial charge in [-0.05, 0) is 0 Å². The van der Waals surface area contributed by atoms with Gasteiger partial charge in [0.2, 0.25) is 0 Å². The van der Waals surface area contributed by atoms with E-state index in [1.165, 1.54) is 0 Å².